The summed E-state index contributed by atoms with van der Waals surface area (Å²) in [6.07, 6.45) is 4.69. The molecule has 1 fully saturated rings. The maximum atomic E-state index is 13.0. The van der Waals surface area contributed by atoms with Gasteiger partial charge in [-0.1, -0.05) is 13.8 Å². The standard InChI is InChI=1S/C23H34N4O4S/c1-3-11-26(12-4-2)13-7-10-24-23(29)20-17-22(28)25-21-9-8-18(16-19(20)21)32(30,31)27-14-5-6-15-27/h8-9,16-17H,3-7,10-15H2,1-2H3,(H,24,29)(H,25,28). The number of amides is 1. The maximum Gasteiger partial charge on any atom is 0.252 e. The third kappa shape index (κ3) is 5.76. The number of hydrogen-bond acceptors (Lipinski definition) is 5. The van der Waals surface area contributed by atoms with Gasteiger partial charge < -0.3 is 15.2 Å². The van der Waals surface area contributed by atoms with Crippen molar-refractivity contribution in [1.29, 1.82) is 0 Å². The largest absolute Gasteiger partial charge is 0.352 e. The lowest BCUT2D eigenvalue weighted by Gasteiger charge is -2.20. The average Bonchev–Trinajstić information content (AvgIpc) is 3.32. The van der Waals surface area contributed by atoms with Gasteiger partial charge in [0, 0.05) is 36.6 Å². The summed E-state index contributed by atoms with van der Waals surface area (Å²) < 4.78 is 27.4. The van der Waals surface area contributed by atoms with Crippen LogP contribution in [0.1, 0.15) is 56.3 Å². The number of carbonyl (C=O) groups is 1. The molecule has 0 aliphatic carbocycles. The molecule has 2 N–H and O–H groups in total. The Hall–Kier alpha value is -2.23. The number of rotatable bonds is 11. The molecule has 1 aromatic carbocycles. The number of benzene rings is 1. The molecule has 1 saturated heterocycles. The van der Waals surface area contributed by atoms with E-state index in [4.69, 9.17) is 0 Å². The van der Waals surface area contributed by atoms with Gasteiger partial charge >= 0.3 is 0 Å². The molecule has 1 aliphatic rings. The van der Waals surface area contributed by atoms with E-state index >= 15 is 0 Å². The number of hydrogen-bond donors (Lipinski definition) is 2. The monoisotopic (exact) mass is 462 g/mol. The van der Waals surface area contributed by atoms with E-state index in [0.29, 0.717) is 30.5 Å². The number of carbonyl (C=O) groups excluding carboxylic acids is 1. The van der Waals surface area contributed by atoms with Crippen LogP contribution in [0.5, 0.6) is 0 Å². The molecule has 1 aromatic heterocycles. The Kier molecular flexibility index (Phi) is 8.44. The van der Waals surface area contributed by atoms with Crippen LogP contribution in [0.25, 0.3) is 10.9 Å². The van der Waals surface area contributed by atoms with Crippen molar-refractivity contribution in [1.82, 2.24) is 19.5 Å². The number of nitrogens with zero attached hydrogens (tertiary/aromatic N) is 2. The van der Waals surface area contributed by atoms with Gasteiger partial charge in [0.1, 0.15) is 0 Å². The Morgan fingerprint density at radius 3 is 2.44 bits per heavy atom. The van der Waals surface area contributed by atoms with Gasteiger partial charge in [0.2, 0.25) is 15.6 Å². The van der Waals surface area contributed by atoms with Crippen LogP contribution in [0, 0.1) is 0 Å². The highest BCUT2D eigenvalue weighted by molar-refractivity contribution is 7.89. The zero-order chi connectivity index (χ0) is 23.1. The minimum absolute atomic E-state index is 0.141. The van der Waals surface area contributed by atoms with Crippen molar-refractivity contribution in [3.8, 4) is 0 Å². The van der Waals surface area contributed by atoms with E-state index in [1.165, 1.54) is 22.5 Å². The Balaban J connectivity index is 1.78. The zero-order valence-electron chi connectivity index (χ0n) is 19.0. The summed E-state index contributed by atoms with van der Waals surface area (Å²) in [5, 5.41) is 3.32. The third-order valence-corrected chi connectivity index (χ3v) is 7.67. The summed E-state index contributed by atoms with van der Waals surface area (Å²) in [7, 11) is -3.62. The maximum absolute atomic E-state index is 13.0. The molecule has 9 heteroatoms. The van der Waals surface area contributed by atoms with E-state index in [9.17, 15) is 18.0 Å². The number of H-pyrrole nitrogens is 1. The van der Waals surface area contributed by atoms with Gasteiger partial charge in [0.25, 0.3) is 5.91 Å². The van der Waals surface area contributed by atoms with Crippen molar-refractivity contribution in [3.05, 3.63) is 40.2 Å². The first-order chi connectivity index (χ1) is 15.4. The lowest BCUT2D eigenvalue weighted by Crippen LogP contribution is -2.31. The second-order valence-electron chi connectivity index (χ2n) is 8.32. The molecule has 3 rings (SSSR count). The lowest BCUT2D eigenvalue weighted by molar-refractivity contribution is 0.0953. The van der Waals surface area contributed by atoms with Gasteiger partial charge in [-0.15, -0.1) is 0 Å². The van der Waals surface area contributed by atoms with Crippen molar-refractivity contribution in [2.45, 2.75) is 50.8 Å². The molecular weight excluding hydrogens is 428 g/mol. The van der Waals surface area contributed by atoms with Gasteiger partial charge in [0.15, 0.2) is 0 Å². The number of pyridine rings is 1. The summed E-state index contributed by atoms with van der Waals surface area (Å²) in [5.74, 6) is -0.366. The van der Waals surface area contributed by atoms with Gasteiger partial charge in [-0.25, -0.2) is 8.42 Å². The first-order valence-corrected chi connectivity index (χ1v) is 13.0. The SMILES string of the molecule is CCCN(CCC)CCCNC(=O)c1cc(=O)[nH]c2ccc(S(=O)(=O)N3CCCC3)cc12. The van der Waals surface area contributed by atoms with E-state index in [0.717, 1.165) is 51.7 Å². The van der Waals surface area contributed by atoms with Crippen molar-refractivity contribution in [2.24, 2.45) is 0 Å². The third-order valence-electron chi connectivity index (χ3n) is 5.78. The predicted octanol–water partition coefficient (Wildman–Crippen LogP) is 2.55. The van der Waals surface area contributed by atoms with Crippen LogP contribution >= 0.6 is 0 Å². The minimum Gasteiger partial charge on any atom is -0.352 e. The molecular formula is C23H34N4O4S. The Morgan fingerprint density at radius 2 is 1.78 bits per heavy atom. The second kappa shape index (κ2) is 11.1. The highest BCUT2D eigenvalue weighted by atomic mass is 32.2. The fourth-order valence-corrected chi connectivity index (χ4v) is 5.77. The first kappa shape index (κ1) is 24.4. The fraction of sp³-hybridized carbons (Fsp3) is 0.565. The average molecular weight is 463 g/mol. The lowest BCUT2D eigenvalue weighted by atomic mass is 10.1. The van der Waals surface area contributed by atoms with Crippen molar-refractivity contribution < 1.29 is 13.2 Å². The molecule has 2 heterocycles. The summed E-state index contributed by atoms with van der Waals surface area (Å²) in [5.41, 5.74) is 0.246. The number of aromatic nitrogens is 1. The predicted molar refractivity (Wildman–Crippen MR) is 127 cm³/mol. The summed E-state index contributed by atoms with van der Waals surface area (Å²) in [4.78, 5) is 30.2. The molecule has 1 aliphatic heterocycles. The molecule has 32 heavy (non-hydrogen) atoms. The van der Waals surface area contributed by atoms with Gasteiger partial charge in [0.05, 0.1) is 10.5 Å². The zero-order valence-corrected chi connectivity index (χ0v) is 19.8. The van der Waals surface area contributed by atoms with Crippen LogP contribution in [0.15, 0.2) is 34.0 Å². The molecule has 0 radical (unpaired) electrons. The smallest absolute Gasteiger partial charge is 0.252 e. The molecule has 2 aromatic rings. The highest BCUT2D eigenvalue weighted by Gasteiger charge is 2.27. The van der Waals surface area contributed by atoms with Crippen molar-refractivity contribution in [3.63, 3.8) is 0 Å². The Labute approximate surface area is 190 Å². The van der Waals surface area contributed by atoms with E-state index < -0.39 is 15.6 Å². The van der Waals surface area contributed by atoms with Gasteiger partial charge in [-0.3, -0.25) is 9.59 Å². The molecule has 0 unspecified atom stereocenters. The molecule has 0 atom stereocenters. The molecule has 0 spiro atoms. The van der Waals surface area contributed by atoms with Crippen LogP contribution < -0.4 is 10.9 Å². The van der Waals surface area contributed by atoms with Gasteiger partial charge in [-0.2, -0.15) is 4.31 Å². The van der Waals surface area contributed by atoms with Crippen LogP contribution in [0.3, 0.4) is 0 Å². The van der Waals surface area contributed by atoms with E-state index in [2.05, 4.69) is 29.0 Å². The first-order valence-electron chi connectivity index (χ1n) is 11.5. The van der Waals surface area contributed by atoms with Crippen molar-refractivity contribution in [2.75, 3.05) is 39.3 Å². The van der Waals surface area contributed by atoms with Crippen LogP contribution in [-0.2, 0) is 10.0 Å². The number of fused-ring (bicyclic) bond motifs is 1. The quantitative estimate of drug-likeness (QED) is 0.500. The highest BCUT2D eigenvalue weighted by Crippen LogP contribution is 2.25. The molecule has 8 nitrogen and oxygen atoms in total. The molecule has 1 amide bonds. The topological polar surface area (TPSA) is 103 Å². The Bertz CT molecular complexity index is 1080. The summed E-state index contributed by atoms with van der Waals surface area (Å²) in [6.45, 7) is 8.78. The van der Waals surface area contributed by atoms with Gasteiger partial charge in [-0.05, 0) is 69.9 Å². The number of sulfonamides is 1. The summed E-state index contributed by atoms with van der Waals surface area (Å²) >= 11 is 0. The van der Waals surface area contributed by atoms with Crippen molar-refractivity contribution >= 4 is 26.8 Å². The molecule has 0 bridgehead atoms. The second-order valence-corrected chi connectivity index (χ2v) is 10.3. The number of aromatic amines is 1. The number of nitrogens with one attached hydrogen (secondary N) is 2. The minimum atomic E-state index is -3.62. The van der Waals surface area contributed by atoms with Crippen LogP contribution in [0.4, 0.5) is 0 Å². The normalized spacial score (nSPS) is 15.0. The molecule has 0 saturated carbocycles. The van der Waals surface area contributed by atoms with E-state index in [-0.39, 0.29) is 16.4 Å². The summed E-state index contributed by atoms with van der Waals surface area (Å²) in [6, 6.07) is 5.79. The molecule has 176 valence electrons. The van der Waals surface area contributed by atoms with Crippen LogP contribution in [-0.4, -0.2) is 67.8 Å². The Morgan fingerprint density at radius 1 is 1.09 bits per heavy atom. The van der Waals surface area contributed by atoms with E-state index in [1.807, 2.05) is 0 Å². The van der Waals surface area contributed by atoms with Crippen LogP contribution in [0.2, 0.25) is 0 Å². The fourth-order valence-electron chi connectivity index (χ4n) is 4.23. The van der Waals surface area contributed by atoms with E-state index in [1.54, 1.807) is 6.07 Å².